The number of nitrogens with one attached hydrogen (secondary N) is 1. The summed E-state index contributed by atoms with van der Waals surface area (Å²) in [6, 6.07) is 10.1. The number of nitrogens with zero attached hydrogens (tertiary/aromatic N) is 1. The molecule has 1 aromatic heterocycles. The fourth-order valence-electron chi connectivity index (χ4n) is 1.71. The zero-order valence-electron chi connectivity index (χ0n) is 11.0. The van der Waals surface area contributed by atoms with E-state index < -0.39 is 0 Å². The normalized spacial score (nSPS) is 10.4. The third-order valence-electron chi connectivity index (χ3n) is 2.74. The largest absolute Gasteiger partial charge is 0.439 e. The molecule has 0 aliphatic rings. The van der Waals surface area contributed by atoms with E-state index in [-0.39, 0.29) is 0 Å². The van der Waals surface area contributed by atoms with Crippen molar-refractivity contribution in [1.82, 2.24) is 10.3 Å². The average Bonchev–Trinajstić information content (AvgIpc) is 2.37. The summed E-state index contributed by atoms with van der Waals surface area (Å²) in [6.07, 6.45) is 1.83. The van der Waals surface area contributed by atoms with Crippen LogP contribution in [0.15, 0.2) is 36.5 Å². The smallest absolute Gasteiger partial charge is 0.219 e. The fraction of sp³-hybridized carbons (Fsp3) is 0.267. The van der Waals surface area contributed by atoms with E-state index in [1.807, 2.05) is 38.4 Å². The highest BCUT2D eigenvalue weighted by Gasteiger charge is 2.03. The summed E-state index contributed by atoms with van der Waals surface area (Å²) in [5, 5.41) is 3.09. The molecule has 94 valence electrons. The standard InChI is InChI=1S/C15H18N2O/c1-11-4-5-12(2)14(8-11)18-15-7-6-13(9-16-3)10-17-15/h4-8,10,16H,9H2,1-3H3. The summed E-state index contributed by atoms with van der Waals surface area (Å²) >= 11 is 0. The van der Waals surface area contributed by atoms with Crippen LogP contribution in [0.4, 0.5) is 0 Å². The lowest BCUT2D eigenvalue weighted by atomic mass is 10.1. The molecule has 3 heteroatoms. The summed E-state index contributed by atoms with van der Waals surface area (Å²) in [4.78, 5) is 4.30. The summed E-state index contributed by atoms with van der Waals surface area (Å²) in [5.41, 5.74) is 3.44. The zero-order valence-corrected chi connectivity index (χ0v) is 11.0. The van der Waals surface area contributed by atoms with Crippen molar-refractivity contribution >= 4 is 0 Å². The summed E-state index contributed by atoms with van der Waals surface area (Å²) < 4.78 is 5.79. The molecule has 3 nitrogen and oxygen atoms in total. The molecule has 0 atom stereocenters. The van der Waals surface area contributed by atoms with Gasteiger partial charge in [0.15, 0.2) is 0 Å². The summed E-state index contributed by atoms with van der Waals surface area (Å²) in [7, 11) is 1.92. The minimum Gasteiger partial charge on any atom is -0.439 e. The molecule has 0 saturated carbocycles. The SMILES string of the molecule is CNCc1ccc(Oc2cc(C)ccc2C)nc1. The number of aromatic nitrogens is 1. The van der Waals surface area contributed by atoms with Crippen LogP contribution < -0.4 is 10.1 Å². The van der Waals surface area contributed by atoms with Gasteiger partial charge in [0.05, 0.1) is 0 Å². The van der Waals surface area contributed by atoms with Gasteiger partial charge in [-0.1, -0.05) is 18.2 Å². The van der Waals surface area contributed by atoms with Crippen molar-refractivity contribution in [1.29, 1.82) is 0 Å². The van der Waals surface area contributed by atoms with Gasteiger partial charge in [-0.3, -0.25) is 0 Å². The Hall–Kier alpha value is -1.87. The molecule has 0 amide bonds. The number of rotatable bonds is 4. The molecule has 1 N–H and O–H groups in total. The second-order valence-corrected chi connectivity index (χ2v) is 4.41. The van der Waals surface area contributed by atoms with Crippen LogP contribution >= 0.6 is 0 Å². The minimum atomic E-state index is 0.628. The molecule has 0 aliphatic heterocycles. The van der Waals surface area contributed by atoms with Gasteiger partial charge in [-0.05, 0) is 43.7 Å². The van der Waals surface area contributed by atoms with Gasteiger partial charge in [0.1, 0.15) is 5.75 Å². The number of ether oxygens (including phenoxy) is 1. The topological polar surface area (TPSA) is 34.1 Å². The quantitative estimate of drug-likeness (QED) is 0.894. The summed E-state index contributed by atoms with van der Waals surface area (Å²) in [6.45, 7) is 4.90. The maximum absolute atomic E-state index is 5.79. The van der Waals surface area contributed by atoms with Crippen molar-refractivity contribution in [3.8, 4) is 11.6 Å². The second kappa shape index (κ2) is 5.65. The lowest BCUT2D eigenvalue weighted by Gasteiger charge is -2.09. The van der Waals surface area contributed by atoms with Crippen LogP contribution in [0.1, 0.15) is 16.7 Å². The van der Waals surface area contributed by atoms with Gasteiger partial charge in [-0.25, -0.2) is 4.98 Å². The second-order valence-electron chi connectivity index (χ2n) is 4.41. The molecular formula is C15H18N2O. The molecule has 0 spiro atoms. The predicted molar refractivity (Wildman–Crippen MR) is 73.0 cm³/mol. The van der Waals surface area contributed by atoms with Gasteiger partial charge in [-0.2, -0.15) is 0 Å². The first-order valence-electron chi connectivity index (χ1n) is 6.03. The van der Waals surface area contributed by atoms with E-state index in [9.17, 15) is 0 Å². The predicted octanol–water partition coefficient (Wildman–Crippen LogP) is 3.21. The van der Waals surface area contributed by atoms with Crippen molar-refractivity contribution < 1.29 is 4.74 Å². The van der Waals surface area contributed by atoms with Crippen LogP contribution in [0, 0.1) is 13.8 Å². The van der Waals surface area contributed by atoms with E-state index >= 15 is 0 Å². The first kappa shape index (κ1) is 12.6. The lowest BCUT2D eigenvalue weighted by molar-refractivity contribution is 0.458. The van der Waals surface area contributed by atoms with Crippen LogP contribution in [-0.2, 0) is 6.54 Å². The van der Waals surface area contributed by atoms with Gasteiger partial charge in [0.25, 0.3) is 0 Å². The van der Waals surface area contributed by atoms with Gasteiger partial charge in [0, 0.05) is 18.8 Å². The van der Waals surface area contributed by atoms with E-state index in [2.05, 4.69) is 29.4 Å². The van der Waals surface area contributed by atoms with Crippen LogP contribution in [0.2, 0.25) is 0 Å². The first-order chi connectivity index (χ1) is 8.69. The molecule has 0 fully saturated rings. The monoisotopic (exact) mass is 242 g/mol. The number of pyridine rings is 1. The molecular weight excluding hydrogens is 224 g/mol. The Morgan fingerprint density at radius 1 is 1.17 bits per heavy atom. The van der Waals surface area contributed by atoms with E-state index in [0.717, 1.165) is 23.4 Å². The van der Waals surface area contributed by atoms with E-state index in [0.29, 0.717) is 5.88 Å². The Bertz CT molecular complexity index is 521. The van der Waals surface area contributed by atoms with Crippen molar-refractivity contribution in [2.24, 2.45) is 0 Å². The highest BCUT2D eigenvalue weighted by atomic mass is 16.5. The van der Waals surface area contributed by atoms with Crippen LogP contribution in [-0.4, -0.2) is 12.0 Å². The third-order valence-corrected chi connectivity index (χ3v) is 2.74. The molecule has 1 aromatic carbocycles. The fourth-order valence-corrected chi connectivity index (χ4v) is 1.71. The van der Waals surface area contributed by atoms with Crippen molar-refractivity contribution in [3.05, 3.63) is 53.2 Å². The first-order valence-corrected chi connectivity index (χ1v) is 6.03. The Labute approximate surface area is 108 Å². The Morgan fingerprint density at radius 2 is 2.00 bits per heavy atom. The van der Waals surface area contributed by atoms with Crippen molar-refractivity contribution in [3.63, 3.8) is 0 Å². The van der Waals surface area contributed by atoms with Crippen molar-refractivity contribution in [2.75, 3.05) is 7.05 Å². The van der Waals surface area contributed by atoms with Crippen LogP contribution in [0.25, 0.3) is 0 Å². The number of hydrogen-bond acceptors (Lipinski definition) is 3. The van der Waals surface area contributed by atoms with Crippen LogP contribution in [0.3, 0.4) is 0 Å². The van der Waals surface area contributed by atoms with Gasteiger partial charge >= 0.3 is 0 Å². The average molecular weight is 242 g/mol. The molecule has 2 rings (SSSR count). The number of hydrogen-bond donors (Lipinski definition) is 1. The maximum Gasteiger partial charge on any atom is 0.219 e. The molecule has 0 radical (unpaired) electrons. The summed E-state index contributed by atoms with van der Waals surface area (Å²) in [5.74, 6) is 1.49. The van der Waals surface area contributed by atoms with Gasteiger partial charge < -0.3 is 10.1 Å². The highest BCUT2D eigenvalue weighted by molar-refractivity contribution is 5.38. The molecule has 1 heterocycles. The third kappa shape index (κ3) is 3.08. The molecule has 0 unspecified atom stereocenters. The van der Waals surface area contributed by atoms with Gasteiger partial charge in [0.2, 0.25) is 5.88 Å². The van der Waals surface area contributed by atoms with Crippen LogP contribution in [0.5, 0.6) is 11.6 Å². The Kier molecular flexibility index (Phi) is 3.95. The van der Waals surface area contributed by atoms with E-state index in [4.69, 9.17) is 4.74 Å². The Morgan fingerprint density at radius 3 is 2.67 bits per heavy atom. The Balaban J connectivity index is 2.15. The lowest BCUT2D eigenvalue weighted by Crippen LogP contribution is -2.05. The number of aryl methyl sites for hydroxylation is 2. The zero-order chi connectivity index (χ0) is 13.0. The van der Waals surface area contributed by atoms with Crippen molar-refractivity contribution in [2.45, 2.75) is 20.4 Å². The van der Waals surface area contributed by atoms with Gasteiger partial charge in [-0.15, -0.1) is 0 Å². The molecule has 0 bridgehead atoms. The molecule has 0 saturated heterocycles. The highest BCUT2D eigenvalue weighted by Crippen LogP contribution is 2.24. The minimum absolute atomic E-state index is 0.628. The molecule has 2 aromatic rings. The van der Waals surface area contributed by atoms with E-state index in [1.54, 1.807) is 0 Å². The van der Waals surface area contributed by atoms with E-state index in [1.165, 1.54) is 5.56 Å². The number of benzene rings is 1. The maximum atomic E-state index is 5.79. The molecule has 0 aliphatic carbocycles. The molecule has 18 heavy (non-hydrogen) atoms.